The summed E-state index contributed by atoms with van der Waals surface area (Å²) in [7, 11) is 0. The van der Waals surface area contributed by atoms with E-state index in [0.717, 1.165) is 96.2 Å². The number of benzene rings is 2. The van der Waals surface area contributed by atoms with Crippen LogP contribution < -0.4 is 10.6 Å². The van der Waals surface area contributed by atoms with Gasteiger partial charge in [-0.3, -0.25) is 29.8 Å². The van der Waals surface area contributed by atoms with E-state index < -0.39 is 0 Å². The average Bonchev–Trinajstić information content (AvgIpc) is 3.88. The van der Waals surface area contributed by atoms with Gasteiger partial charge < -0.3 is 19.8 Å². The van der Waals surface area contributed by atoms with E-state index in [1.807, 2.05) is 48.5 Å². The number of imide groups is 2. The summed E-state index contributed by atoms with van der Waals surface area (Å²) in [5.74, 6) is -0.00339. The van der Waals surface area contributed by atoms with E-state index in [4.69, 9.17) is 0 Å². The van der Waals surface area contributed by atoms with Crippen molar-refractivity contribution in [2.24, 2.45) is 11.8 Å². The Morgan fingerprint density at radius 1 is 0.472 bits per heavy atom. The van der Waals surface area contributed by atoms with Crippen molar-refractivity contribution in [1.82, 2.24) is 30.4 Å². The summed E-state index contributed by atoms with van der Waals surface area (Å²) >= 11 is 0. The van der Waals surface area contributed by atoms with Gasteiger partial charge in [0.05, 0.1) is 11.1 Å². The lowest BCUT2D eigenvalue weighted by atomic mass is 9.88. The molecule has 9 heterocycles. The maximum absolute atomic E-state index is 13.7. The number of nitrogens with one attached hydrogen (secondary N) is 4. The third kappa shape index (κ3) is 6.15. The van der Waals surface area contributed by atoms with Crippen molar-refractivity contribution in [3.05, 3.63) is 82.4 Å². The Labute approximate surface area is 309 Å². The minimum Gasteiger partial charge on any atom is -0.366 e. The molecular formula is C43H48N6O4. The Morgan fingerprint density at radius 2 is 0.887 bits per heavy atom. The molecule has 4 bridgehead atoms. The standard InChI is InChI=1S/C43H48N6O4/c50-40-36-34-28-12-5-7-14-30(28)44-32(34)16-9-17-33-35(29-13-6-8-15-31(29)45-33)37-39(43(53)47-41(37)51)49-24-20-27(21-25-49)11-4-2-1-3-10-26-18-22-48(23-19-26)38(36)42(52)46-40/h5-8,12-15,26-27,44-45H,1-4,9-11,16-25H2,(H,46,50,52)(H,47,51,53). The topological polar surface area (TPSA) is 130 Å². The van der Waals surface area contributed by atoms with Crippen LogP contribution in [0.4, 0.5) is 0 Å². The summed E-state index contributed by atoms with van der Waals surface area (Å²) in [6.07, 6.45) is 13.4. The molecule has 4 aromatic rings. The molecule has 0 spiro atoms. The van der Waals surface area contributed by atoms with Crippen LogP contribution in [0, 0.1) is 11.8 Å². The molecule has 0 unspecified atom stereocenters. The predicted molar refractivity (Wildman–Crippen MR) is 205 cm³/mol. The smallest absolute Gasteiger partial charge is 0.275 e. The third-order valence-corrected chi connectivity index (χ3v) is 12.6. The van der Waals surface area contributed by atoms with E-state index in [1.165, 1.54) is 38.5 Å². The fourth-order valence-corrected chi connectivity index (χ4v) is 9.85. The van der Waals surface area contributed by atoms with E-state index in [-0.39, 0.29) is 23.6 Å². The zero-order valence-corrected chi connectivity index (χ0v) is 30.3. The van der Waals surface area contributed by atoms with Crippen LogP contribution >= 0.6 is 0 Å². The molecule has 2 fully saturated rings. The molecule has 0 atom stereocenters. The summed E-state index contributed by atoms with van der Waals surface area (Å²) in [6.45, 7) is 3.10. The molecule has 0 radical (unpaired) electrons. The third-order valence-electron chi connectivity index (χ3n) is 12.6. The molecule has 11 rings (SSSR count). The second-order valence-corrected chi connectivity index (χ2v) is 15.8. The van der Waals surface area contributed by atoms with Gasteiger partial charge in [0.15, 0.2) is 0 Å². The van der Waals surface area contributed by atoms with Crippen molar-refractivity contribution in [3.63, 3.8) is 0 Å². The molecule has 274 valence electrons. The summed E-state index contributed by atoms with van der Waals surface area (Å²) in [5, 5.41) is 7.15. The van der Waals surface area contributed by atoms with E-state index in [9.17, 15) is 19.2 Å². The van der Waals surface area contributed by atoms with Crippen molar-refractivity contribution in [1.29, 1.82) is 0 Å². The second kappa shape index (κ2) is 14.0. The van der Waals surface area contributed by atoms with Gasteiger partial charge >= 0.3 is 0 Å². The highest BCUT2D eigenvalue weighted by atomic mass is 16.2. The molecule has 10 heteroatoms. The highest BCUT2D eigenvalue weighted by Gasteiger charge is 2.40. The lowest BCUT2D eigenvalue weighted by molar-refractivity contribution is -0.126. The molecule has 2 aromatic carbocycles. The fraction of sp³-hybridized carbons (Fsp3) is 0.442. The summed E-state index contributed by atoms with van der Waals surface area (Å²) < 4.78 is 0. The Hall–Kier alpha value is -5.12. The molecular weight excluding hydrogens is 665 g/mol. The van der Waals surface area contributed by atoms with Crippen LogP contribution in [0.15, 0.2) is 59.9 Å². The SMILES string of the molecule is O=C1NC(=O)C2=C1c1c([nH]c3ccccc13)CCCc1[nH]c3ccccc3c1C1=C(C(=O)NC1=O)N1CCC(CCCCCCC3CCN2CC3)CC1. The lowest BCUT2D eigenvalue weighted by Gasteiger charge is -2.34. The largest absolute Gasteiger partial charge is 0.366 e. The molecule has 0 saturated carbocycles. The number of fused-ring (bicyclic) bond motifs is 4. The average molecular weight is 713 g/mol. The maximum atomic E-state index is 13.7. The number of piperidine rings is 2. The van der Waals surface area contributed by atoms with Crippen LogP contribution in [-0.4, -0.2) is 69.6 Å². The van der Waals surface area contributed by atoms with Crippen LogP contribution in [0.2, 0.25) is 0 Å². The van der Waals surface area contributed by atoms with Crippen molar-refractivity contribution in [2.75, 3.05) is 26.2 Å². The highest BCUT2D eigenvalue weighted by molar-refractivity contribution is 6.38. The van der Waals surface area contributed by atoms with Crippen LogP contribution in [0.1, 0.15) is 93.1 Å². The first kappa shape index (κ1) is 33.7. The number of rotatable bonds is 0. The first-order valence-corrected chi connectivity index (χ1v) is 19.8. The van der Waals surface area contributed by atoms with Gasteiger partial charge in [-0.1, -0.05) is 74.9 Å². The van der Waals surface area contributed by atoms with Crippen molar-refractivity contribution in [2.45, 2.75) is 83.5 Å². The highest BCUT2D eigenvalue weighted by Crippen LogP contribution is 2.39. The van der Waals surface area contributed by atoms with Crippen molar-refractivity contribution >= 4 is 56.6 Å². The van der Waals surface area contributed by atoms with E-state index in [2.05, 4.69) is 30.4 Å². The second-order valence-electron chi connectivity index (χ2n) is 15.8. The van der Waals surface area contributed by atoms with Crippen molar-refractivity contribution in [3.8, 4) is 0 Å². The normalized spacial score (nSPS) is 23.5. The zero-order chi connectivity index (χ0) is 36.1. The number of carbonyl (C=O) groups is 4. The molecule has 53 heavy (non-hydrogen) atoms. The first-order valence-electron chi connectivity index (χ1n) is 19.8. The van der Waals surface area contributed by atoms with E-state index >= 15 is 0 Å². The minimum atomic E-state index is -0.339. The number of amides is 4. The number of aryl methyl sites for hydroxylation is 2. The predicted octanol–water partition coefficient (Wildman–Crippen LogP) is 6.34. The zero-order valence-electron chi connectivity index (χ0n) is 30.3. The summed E-state index contributed by atoms with van der Waals surface area (Å²) in [5.41, 5.74) is 7.23. The molecule has 2 aromatic heterocycles. The van der Waals surface area contributed by atoms with Crippen LogP contribution in [0.5, 0.6) is 0 Å². The first-order chi connectivity index (χ1) is 25.9. The summed E-state index contributed by atoms with van der Waals surface area (Å²) in [6, 6.07) is 16.0. The van der Waals surface area contributed by atoms with E-state index in [0.29, 0.717) is 53.6 Å². The number of para-hydroxylation sites is 2. The number of H-pyrrole nitrogens is 2. The van der Waals surface area contributed by atoms with Crippen LogP contribution in [-0.2, 0) is 32.0 Å². The Morgan fingerprint density at radius 3 is 1.32 bits per heavy atom. The van der Waals surface area contributed by atoms with Crippen LogP contribution in [0.25, 0.3) is 33.0 Å². The number of carbonyl (C=O) groups excluding carboxylic acids is 4. The molecule has 4 amide bonds. The van der Waals surface area contributed by atoms with Crippen molar-refractivity contribution < 1.29 is 19.2 Å². The van der Waals surface area contributed by atoms with E-state index in [1.54, 1.807) is 0 Å². The molecule has 10 nitrogen and oxygen atoms in total. The summed E-state index contributed by atoms with van der Waals surface area (Å²) in [4.78, 5) is 65.9. The molecule has 2 saturated heterocycles. The quantitative estimate of drug-likeness (QED) is 0.158. The van der Waals surface area contributed by atoms with Gasteiger partial charge in [0.1, 0.15) is 11.4 Å². The molecule has 4 N–H and O–H groups in total. The Kier molecular flexibility index (Phi) is 8.92. The molecule has 7 aliphatic rings. The number of aromatic nitrogens is 2. The number of hydrogen-bond donors (Lipinski definition) is 4. The monoisotopic (exact) mass is 712 g/mol. The maximum Gasteiger partial charge on any atom is 0.275 e. The minimum absolute atomic E-state index is 0.307. The van der Waals surface area contributed by atoms with Gasteiger partial charge in [0.2, 0.25) is 0 Å². The Balaban J connectivity index is 1.11. The number of aromatic amines is 2. The van der Waals surface area contributed by atoms with Gasteiger partial charge in [-0.2, -0.15) is 0 Å². The van der Waals surface area contributed by atoms with Gasteiger partial charge in [0.25, 0.3) is 23.6 Å². The molecule has 7 aliphatic heterocycles. The fourth-order valence-electron chi connectivity index (χ4n) is 9.85. The Bertz CT molecular complexity index is 2040. The van der Waals surface area contributed by atoms with Gasteiger partial charge in [-0.25, -0.2) is 0 Å². The van der Waals surface area contributed by atoms with Crippen LogP contribution in [0.3, 0.4) is 0 Å². The number of nitrogens with zero attached hydrogens (tertiary/aromatic N) is 2. The van der Waals surface area contributed by atoms with Gasteiger partial charge in [-0.15, -0.1) is 0 Å². The molecule has 0 aliphatic carbocycles. The lowest BCUT2D eigenvalue weighted by Crippen LogP contribution is -2.37. The van der Waals surface area contributed by atoms with Gasteiger partial charge in [0, 0.05) is 70.5 Å². The number of hydrogen-bond acceptors (Lipinski definition) is 6. The van der Waals surface area contributed by atoms with Gasteiger partial charge in [-0.05, 0) is 68.9 Å².